The Balaban J connectivity index is 1.71. The summed E-state index contributed by atoms with van der Waals surface area (Å²) in [6.45, 7) is 2.57. The van der Waals surface area contributed by atoms with Gasteiger partial charge in [-0.1, -0.05) is 11.9 Å². The zero-order valence-corrected chi connectivity index (χ0v) is 15.5. The van der Waals surface area contributed by atoms with Crippen LogP contribution in [0.3, 0.4) is 0 Å². The number of benzene rings is 1. The largest absolute Gasteiger partial charge is 0.364 e. The van der Waals surface area contributed by atoms with Gasteiger partial charge < -0.3 is 5.32 Å². The van der Waals surface area contributed by atoms with Crippen LogP contribution in [-0.2, 0) is 0 Å². The Morgan fingerprint density at radius 2 is 2.36 bits per heavy atom. The van der Waals surface area contributed by atoms with E-state index in [2.05, 4.69) is 40.9 Å². The molecule has 134 valence electrons. The molecule has 2 aromatic rings. The van der Waals surface area contributed by atoms with Crippen LogP contribution in [0.25, 0.3) is 0 Å². The van der Waals surface area contributed by atoms with Crippen LogP contribution in [0, 0.1) is 5.82 Å². The van der Waals surface area contributed by atoms with Gasteiger partial charge in [0.2, 0.25) is 5.82 Å². The van der Waals surface area contributed by atoms with E-state index in [0.717, 1.165) is 18.8 Å². The monoisotopic (exact) mass is 430 g/mol. The molecule has 2 heterocycles. The summed E-state index contributed by atoms with van der Waals surface area (Å²) in [5.74, 6) is 1.15. The van der Waals surface area contributed by atoms with E-state index in [4.69, 9.17) is 4.63 Å². The molecule has 0 aliphatic carbocycles. The summed E-state index contributed by atoms with van der Waals surface area (Å²) in [4.78, 5) is 4.21. The maximum atomic E-state index is 13.3. The molecule has 0 bridgehead atoms. The zero-order chi connectivity index (χ0) is 17.6. The van der Waals surface area contributed by atoms with Gasteiger partial charge in [-0.05, 0) is 50.9 Å². The van der Waals surface area contributed by atoms with Crippen LogP contribution < -0.4 is 10.8 Å². The minimum atomic E-state index is -0.400. The molecule has 1 aromatic carbocycles. The first kappa shape index (κ1) is 18.1. The second-order valence-corrected chi connectivity index (χ2v) is 7.21. The number of amidine groups is 1. The summed E-state index contributed by atoms with van der Waals surface area (Å²) in [7, 11) is 0. The van der Waals surface area contributed by atoms with Crippen molar-refractivity contribution < 1.29 is 14.2 Å². The predicted molar refractivity (Wildman–Crippen MR) is 96.7 cm³/mol. The Hall–Kier alpha value is -1.69. The molecule has 1 fully saturated rings. The zero-order valence-electron chi connectivity index (χ0n) is 13.1. The Labute approximate surface area is 156 Å². The molecule has 0 atom stereocenters. The van der Waals surface area contributed by atoms with Crippen LogP contribution in [0.5, 0.6) is 0 Å². The van der Waals surface area contributed by atoms with Crippen molar-refractivity contribution in [3.8, 4) is 0 Å². The van der Waals surface area contributed by atoms with Crippen LogP contribution in [-0.4, -0.2) is 51.0 Å². The van der Waals surface area contributed by atoms with Gasteiger partial charge in [0.05, 0.1) is 10.2 Å². The van der Waals surface area contributed by atoms with Crippen molar-refractivity contribution in [2.45, 2.75) is 6.42 Å². The normalized spacial score (nSPS) is 15.6. The highest BCUT2D eigenvalue weighted by atomic mass is 79.9. The molecule has 1 aliphatic rings. The summed E-state index contributed by atoms with van der Waals surface area (Å²) in [6.07, 6.45) is 1.19. The molecule has 1 aromatic heterocycles. The Morgan fingerprint density at radius 3 is 3.08 bits per heavy atom. The lowest BCUT2D eigenvalue weighted by Gasteiger charge is -2.13. The van der Waals surface area contributed by atoms with Crippen molar-refractivity contribution in [3.05, 3.63) is 34.2 Å². The van der Waals surface area contributed by atoms with Crippen molar-refractivity contribution in [2.24, 2.45) is 4.99 Å². The standard InChI is InChI=1S/C14H16BrFN6O2S/c15-10-8-9(2-3-11(10)16)18-14(19-23)12-13(21-24-20-12)17-4-6-22-5-1-7-25-22/h2-3,8,23H,1,4-7H2,(H,17,21)(H,18,19). The number of aliphatic imine (C=N–C) groups is 1. The van der Waals surface area contributed by atoms with Gasteiger partial charge in [0, 0.05) is 25.4 Å². The third-order valence-electron chi connectivity index (χ3n) is 3.44. The SMILES string of the molecule is ONC(=Nc1ccc(F)c(Br)c1)c1nonc1NCCN1CCCS1. The maximum Gasteiger partial charge on any atom is 0.202 e. The second-order valence-electron chi connectivity index (χ2n) is 5.17. The van der Waals surface area contributed by atoms with E-state index >= 15 is 0 Å². The Kier molecular flexibility index (Phi) is 6.24. The van der Waals surface area contributed by atoms with E-state index in [0.29, 0.717) is 18.1 Å². The Bertz CT molecular complexity index is 753. The van der Waals surface area contributed by atoms with E-state index in [-0.39, 0.29) is 16.0 Å². The molecular weight excluding hydrogens is 415 g/mol. The van der Waals surface area contributed by atoms with Crippen LogP contribution in [0.2, 0.25) is 0 Å². The highest BCUT2D eigenvalue weighted by molar-refractivity contribution is 9.10. The fourth-order valence-corrected chi connectivity index (χ4v) is 3.61. The molecule has 0 radical (unpaired) electrons. The van der Waals surface area contributed by atoms with E-state index < -0.39 is 5.82 Å². The molecule has 3 rings (SSSR count). The lowest BCUT2D eigenvalue weighted by molar-refractivity contribution is 0.234. The summed E-state index contributed by atoms with van der Waals surface area (Å²) in [6, 6.07) is 4.23. The van der Waals surface area contributed by atoms with Gasteiger partial charge in [0.25, 0.3) is 0 Å². The van der Waals surface area contributed by atoms with Crippen molar-refractivity contribution in [1.29, 1.82) is 0 Å². The molecule has 11 heteroatoms. The van der Waals surface area contributed by atoms with Gasteiger partial charge in [-0.3, -0.25) is 10.7 Å². The quantitative estimate of drug-likeness (QED) is 0.278. The number of halogens is 2. The van der Waals surface area contributed by atoms with Crippen molar-refractivity contribution in [1.82, 2.24) is 20.1 Å². The van der Waals surface area contributed by atoms with Crippen molar-refractivity contribution in [2.75, 3.05) is 30.7 Å². The smallest absolute Gasteiger partial charge is 0.202 e. The van der Waals surface area contributed by atoms with Crippen LogP contribution >= 0.6 is 27.9 Å². The summed E-state index contributed by atoms with van der Waals surface area (Å²) >= 11 is 4.92. The lowest BCUT2D eigenvalue weighted by Crippen LogP contribution is -2.24. The molecule has 0 spiro atoms. The third kappa shape index (κ3) is 4.69. The number of nitrogens with zero attached hydrogens (tertiary/aromatic N) is 4. The predicted octanol–water partition coefficient (Wildman–Crippen LogP) is 2.79. The maximum absolute atomic E-state index is 13.3. The number of nitrogens with one attached hydrogen (secondary N) is 2. The lowest BCUT2D eigenvalue weighted by atomic mass is 10.3. The van der Waals surface area contributed by atoms with Gasteiger partial charge in [-0.15, -0.1) is 0 Å². The van der Waals surface area contributed by atoms with E-state index in [9.17, 15) is 9.60 Å². The Morgan fingerprint density at radius 1 is 1.48 bits per heavy atom. The molecule has 25 heavy (non-hydrogen) atoms. The molecular formula is C14H16BrFN6O2S. The van der Waals surface area contributed by atoms with Crippen molar-refractivity contribution in [3.63, 3.8) is 0 Å². The minimum absolute atomic E-state index is 0.0396. The summed E-state index contributed by atoms with van der Waals surface area (Å²) in [5, 5.41) is 20.1. The summed E-state index contributed by atoms with van der Waals surface area (Å²) in [5.41, 5.74) is 2.64. The molecule has 8 nitrogen and oxygen atoms in total. The fraction of sp³-hybridized carbons (Fsp3) is 0.357. The number of anilines is 1. The van der Waals surface area contributed by atoms with Gasteiger partial charge in [-0.2, -0.15) is 0 Å². The second kappa shape index (κ2) is 8.61. The van der Waals surface area contributed by atoms with Crippen molar-refractivity contribution >= 4 is 45.2 Å². The topological polar surface area (TPSA) is 98.8 Å². The average molecular weight is 431 g/mol. The van der Waals surface area contributed by atoms with E-state index in [1.54, 1.807) is 0 Å². The van der Waals surface area contributed by atoms with E-state index in [1.165, 1.54) is 24.6 Å². The molecule has 3 N–H and O–H groups in total. The first-order valence-corrected chi connectivity index (χ1v) is 9.29. The molecule has 0 unspecified atom stereocenters. The third-order valence-corrected chi connectivity index (χ3v) is 5.25. The number of hydroxylamine groups is 1. The highest BCUT2D eigenvalue weighted by Gasteiger charge is 2.18. The minimum Gasteiger partial charge on any atom is -0.364 e. The van der Waals surface area contributed by atoms with Gasteiger partial charge in [0.15, 0.2) is 11.5 Å². The molecule has 0 saturated carbocycles. The molecule has 0 amide bonds. The van der Waals surface area contributed by atoms with Crippen LogP contribution in [0.1, 0.15) is 12.1 Å². The first-order valence-electron chi connectivity index (χ1n) is 7.56. The average Bonchev–Trinajstić information content (AvgIpc) is 3.28. The first-order chi connectivity index (χ1) is 12.2. The van der Waals surface area contributed by atoms with Gasteiger partial charge in [-0.25, -0.2) is 18.3 Å². The van der Waals surface area contributed by atoms with Gasteiger partial charge in [0.1, 0.15) is 5.82 Å². The van der Waals surface area contributed by atoms with Crippen LogP contribution in [0.4, 0.5) is 15.9 Å². The van der Waals surface area contributed by atoms with Crippen LogP contribution in [0.15, 0.2) is 32.3 Å². The molecule has 1 aliphatic heterocycles. The van der Waals surface area contributed by atoms with E-state index in [1.807, 2.05) is 17.4 Å². The number of rotatable bonds is 6. The molecule has 1 saturated heterocycles. The highest BCUT2D eigenvalue weighted by Crippen LogP contribution is 2.23. The number of hydrogen-bond donors (Lipinski definition) is 3. The van der Waals surface area contributed by atoms with Gasteiger partial charge >= 0.3 is 0 Å². The fourth-order valence-electron chi connectivity index (χ4n) is 2.25. The number of aromatic nitrogens is 2. The summed E-state index contributed by atoms with van der Waals surface area (Å²) < 4.78 is 20.6. The number of hydrogen-bond acceptors (Lipinski definition) is 8.